The number of nitriles is 1. The smallest absolute Gasteiger partial charge is 0.407 e. The van der Waals surface area contributed by atoms with Gasteiger partial charge in [0.1, 0.15) is 5.60 Å². The van der Waals surface area contributed by atoms with Crippen LogP contribution >= 0.6 is 0 Å². The average molecular weight is 303 g/mol. The summed E-state index contributed by atoms with van der Waals surface area (Å²) in [4.78, 5) is 22.6. The van der Waals surface area contributed by atoms with Crippen molar-refractivity contribution in [3.05, 3.63) is 35.4 Å². The summed E-state index contributed by atoms with van der Waals surface area (Å²) in [5.41, 5.74) is 0.421. The van der Waals surface area contributed by atoms with Crippen molar-refractivity contribution in [2.45, 2.75) is 45.3 Å². The number of aliphatic carboxylic acids is 1. The Balaban J connectivity index is 2.83. The van der Waals surface area contributed by atoms with Gasteiger partial charge in [-0.25, -0.2) is 4.79 Å². The Morgan fingerprint density at radius 2 is 2.00 bits per heavy atom. The minimum Gasteiger partial charge on any atom is -0.550 e. The number of nitrogens with zero attached hydrogens (tertiary/aromatic N) is 1. The number of carbonyl (C=O) groups excluding carboxylic acids is 2. The van der Waals surface area contributed by atoms with Crippen molar-refractivity contribution in [3.8, 4) is 6.07 Å². The molecule has 0 aliphatic heterocycles. The molecule has 1 amide bonds. The number of alkyl carbamates (subject to hydrolysis) is 1. The summed E-state index contributed by atoms with van der Waals surface area (Å²) >= 11 is 0. The van der Waals surface area contributed by atoms with Crippen molar-refractivity contribution in [2.75, 3.05) is 0 Å². The van der Waals surface area contributed by atoms with E-state index in [9.17, 15) is 14.7 Å². The molecule has 0 unspecified atom stereocenters. The summed E-state index contributed by atoms with van der Waals surface area (Å²) < 4.78 is 5.12. The zero-order valence-electron chi connectivity index (χ0n) is 12.9. The molecule has 1 rings (SSSR count). The number of carboxylic acids is 1. The molecule has 1 aromatic rings. The van der Waals surface area contributed by atoms with Crippen LogP contribution in [0, 0.1) is 11.3 Å². The Bertz CT molecular complexity index is 585. The van der Waals surface area contributed by atoms with E-state index in [-0.39, 0.29) is 12.8 Å². The van der Waals surface area contributed by atoms with E-state index in [0.29, 0.717) is 11.1 Å². The van der Waals surface area contributed by atoms with Gasteiger partial charge in [0, 0.05) is 18.4 Å². The van der Waals surface area contributed by atoms with Crippen molar-refractivity contribution >= 4 is 12.1 Å². The summed E-state index contributed by atoms with van der Waals surface area (Å²) in [5, 5.41) is 22.4. The largest absolute Gasteiger partial charge is 0.550 e. The highest BCUT2D eigenvalue weighted by Crippen LogP contribution is 2.13. The van der Waals surface area contributed by atoms with Gasteiger partial charge in [-0.3, -0.25) is 0 Å². The fourth-order valence-electron chi connectivity index (χ4n) is 1.92. The van der Waals surface area contributed by atoms with Crippen LogP contribution in [0.3, 0.4) is 0 Å². The molecular formula is C16H19N2O4-. The van der Waals surface area contributed by atoms with Gasteiger partial charge in [-0.05, 0) is 38.8 Å². The molecule has 0 bridgehead atoms. The van der Waals surface area contributed by atoms with E-state index >= 15 is 0 Å². The first-order valence-electron chi connectivity index (χ1n) is 6.88. The lowest BCUT2D eigenvalue weighted by molar-refractivity contribution is -0.306. The van der Waals surface area contributed by atoms with Crippen LogP contribution in [0.1, 0.15) is 38.3 Å². The van der Waals surface area contributed by atoms with E-state index in [2.05, 4.69) is 5.32 Å². The quantitative estimate of drug-likeness (QED) is 0.878. The second-order valence-electron chi connectivity index (χ2n) is 5.89. The third kappa shape index (κ3) is 6.27. The molecule has 6 nitrogen and oxygen atoms in total. The molecule has 0 fully saturated rings. The van der Waals surface area contributed by atoms with Crippen LogP contribution in [0.4, 0.5) is 4.79 Å². The molecule has 0 spiro atoms. The first-order valence-corrected chi connectivity index (χ1v) is 6.88. The molecule has 22 heavy (non-hydrogen) atoms. The summed E-state index contributed by atoms with van der Waals surface area (Å²) in [6, 6.07) is 8.15. The van der Waals surface area contributed by atoms with Crippen LogP contribution in [0.25, 0.3) is 0 Å². The van der Waals surface area contributed by atoms with E-state index in [0.717, 1.165) is 0 Å². The van der Waals surface area contributed by atoms with Crippen LogP contribution in [0.2, 0.25) is 0 Å². The fraction of sp³-hybridized carbons (Fsp3) is 0.438. The topological polar surface area (TPSA) is 102 Å². The highest BCUT2D eigenvalue weighted by molar-refractivity contribution is 5.70. The first kappa shape index (κ1) is 17.5. The van der Waals surface area contributed by atoms with Gasteiger partial charge in [0.2, 0.25) is 0 Å². The maximum atomic E-state index is 11.8. The van der Waals surface area contributed by atoms with Gasteiger partial charge in [0.05, 0.1) is 11.6 Å². The van der Waals surface area contributed by atoms with Gasteiger partial charge in [-0.2, -0.15) is 5.26 Å². The van der Waals surface area contributed by atoms with Crippen LogP contribution in [0.5, 0.6) is 0 Å². The highest BCUT2D eigenvalue weighted by Gasteiger charge is 2.20. The van der Waals surface area contributed by atoms with Crippen LogP contribution < -0.4 is 10.4 Å². The summed E-state index contributed by atoms with van der Waals surface area (Å²) in [6.45, 7) is 5.14. The molecule has 6 heteroatoms. The third-order valence-electron chi connectivity index (χ3n) is 2.74. The molecule has 1 atom stereocenters. The zero-order valence-corrected chi connectivity index (χ0v) is 12.9. The molecule has 0 aliphatic carbocycles. The summed E-state index contributed by atoms with van der Waals surface area (Å²) in [7, 11) is 0. The summed E-state index contributed by atoms with van der Waals surface area (Å²) in [5.74, 6) is -1.28. The molecule has 0 aliphatic rings. The molecule has 0 heterocycles. The Morgan fingerprint density at radius 3 is 2.55 bits per heavy atom. The summed E-state index contributed by atoms with van der Waals surface area (Å²) in [6.07, 6.45) is -0.858. The fourth-order valence-corrected chi connectivity index (χ4v) is 1.92. The lowest BCUT2D eigenvalue weighted by atomic mass is 9.99. The second-order valence-corrected chi connectivity index (χ2v) is 5.89. The van der Waals surface area contributed by atoms with Crippen molar-refractivity contribution < 1.29 is 19.4 Å². The Hall–Kier alpha value is -2.55. The molecule has 0 aromatic heterocycles. The van der Waals surface area contributed by atoms with Crippen molar-refractivity contribution in [1.82, 2.24) is 5.32 Å². The zero-order chi connectivity index (χ0) is 16.8. The predicted molar refractivity (Wildman–Crippen MR) is 77.6 cm³/mol. The van der Waals surface area contributed by atoms with E-state index in [1.54, 1.807) is 45.0 Å². The maximum Gasteiger partial charge on any atom is 0.407 e. The molecule has 1 N–H and O–H groups in total. The second kappa shape index (κ2) is 7.46. The Morgan fingerprint density at radius 1 is 1.36 bits per heavy atom. The first-order chi connectivity index (χ1) is 10.2. The monoisotopic (exact) mass is 303 g/mol. The molecule has 118 valence electrons. The van der Waals surface area contributed by atoms with E-state index < -0.39 is 23.7 Å². The number of carboxylic acid groups (broad SMARTS) is 1. The maximum absolute atomic E-state index is 11.8. The number of rotatable bonds is 5. The predicted octanol–water partition coefficient (Wildman–Crippen LogP) is 1.13. The van der Waals surface area contributed by atoms with E-state index in [1.165, 1.54) is 0 Å². The van der Waals surface area contributed by atoms with E-state index in [4.69, 9.17) is 10.00 Å². The number of amides is 1. The molecule has 1 aromatic carbocycles. The molecule has 0 saturated carbocycles. The number of carbonyl (C=O) groups is 2. The number of benzene rings is 1. The minimum absolute atomic E-state index is 0.205. The van der Waals surface area contributed by atoms with Gasteiger partial charge in [0.15, 0.2) is 0 Å². The van der Waals surface area contributed by atoms with Crippen molar-refractivity contribution in [1.29, 1.82) is 5.26 Å². The Kier molecular flexibility index (Phi) is 5.93. The highest BCUT2D eigenvalue weighted by atomic mass is 16.6. The SMILES string of the molecule is CC(C)(C)OC(=O)N[C@H](CC(=O)[O-])Cc1ccccc1C#N. The molecule has 0 saturated heterocycles. The minimum atomic E-state index is -1.28. The van der Waals surface area contributed by atoms with Crippen LogP contribution in [-0.2, 0) is 16.0 Å². The van der Waals surface area contributed by atoms with Crippen molar-refractivity contribution in [3.63, 3.8) is 0 Å². The average Bonchev–Trinajstić information content (AvgIpc) is 2.36. The number of hydrogen-bond donors (Lipinski definition) is 1. The molecular weight excluding hydrogens is 284 g/mol. The van der Waals surface area contributed by atoms with Crippen molar-refractivity contribution in [2.24, 2.45) is 0 Å². The standard InChI is InChI=1S/C16H20N2O4/c1-16(2,3)22-15(21)18-13(9-14(19)20)8-11-6-4-5-7-12(11)10-17/h4-7,13H,8-9H2,1-3H3,(H,18,21)(H,19,20)/p-1/t13-/m0/s1. The third-order valence-corrected chi connectivity index (χ3v) is 2.74. The van der Waals surface area contributed by atoms with Crippen LogP contribution in [0.15, 0.2) is 24.3 Å². The van der Waals surface area contributed by atoms with E-state index in [1.807, 2.05) is 6.07 Å². The lowest BCUT2D eigenvalue weighted by Gasteiger charge is -2.24. The van der Waals surface area contributed by atoms with Gasteiger partial charge in [-0.1, -0.05) is 18.2 Å². The number of ether oxygens (including phenoxy) is 1. The number of nitrogens with one attached hydrogen (secondary N) is 1. The van der Waals surface area contributed by atoms with Gasteiger partial charge in [-0.15, -0.1) is 0 Å². The normalized spacial score (nSPS) is 12.1. The van der Waals surface area contributed by atoms with Crippen LogP contribution in [-0.4, -0.2) is 23.7 Å². The van der Waals surface area contributed by atoms with Gasteiger partial charge >= 0.3 is 6.09 Å². The lowest BCUT2D eigenvalue weighted by Crippen LogP contribution is -2.43. The molecule has 0 radical (unpaired) electrons. The van der Waals surface area contributed by atoms with Gasteiger partial charge < -0.3 is 20.0 Å². The Labute approximate surface area is 129 Å². The number of hydrogen-bond acceptors (Lipinski definition) is 5. The van der Waals surface area contributed by atoms with Gasteiger partial charge in [0.25, 0.3) is 0 Å².